The Balaban J connectivity index is 1.37. The number of carbonyl (C=O) groups excluding carboxylic acids is 2. The summed E-state index contributed by atoms with van der Waals surface area (Å²) in [4.78, 5) is 32.0. The van der Waals surface area contributed by atoms with Gasteiger partial charge in [-0.3, -0.25) is 9.59 Å². The number of nitrogens with zero attached hydrogens (tertiary/aromatic N) is 2. The fourth-order valence-electron chi connectivity index (χ4n) is 3.72. The Kier molecular flexibility index (Phi) is 4.65. The molecule has 0 saturated carbocycles. The van der Waals surface area contributed by atoms with Crippen LogP contribution in [0.2, 0.25) is 0 Å². The lowest BCUT2D eigenvalue weighted by molar-refractivity contribution is -0.137. The summed E-state index contributed by atoms with van der Waals surface area (Å²) >= 11 is 0. The van der Waals surface area contributed by atoms with Crippen LogP contribution in [0.1, 0.15) is 22.5 Å². The van der Waals surface area contributed by atoms with Crippen LogP contribution >= 0.6 is 0 Å². The maximum absolute atomic E-state index is 13.0. The van der Waals surface area contributed by atoms with Crippen molar-refractivity contribution >= 4 is 11.8 Å². The molecule has 2 aliphatic heterocycles. The number of amides is 2. The van der Waals surface area contributed by atoms with Crippen molar-refractivity contribution in [2.24, 2.45) is 5.92 Å². The average molecular weight is 353 g/mol. The molecule has 1 aromatic carbocycles. The van der Waals surface area contributed by atoms with Crippen molar-refractivity contribution in [1.82, 2.24) is 14.8 Å². The van der Waals surface area contributed by atoms with Gasteiger partial charge in [0.05, 0.1) is 6.61 Å². The van der Waals surface area contributed by atoms with Gasteiger partial charge in [0.1, 0.15) is 11.4 Å². The van der Waals surface area contributed by atoms with Gasteiger partial charge in [0, 0.05) is 38.3 Å². The van der Waals surface area contributed by atoms with Crippen molar-refractivity contribution in [3.63, 3.8) is 0 Å². The highest BCUT2D eigenvalue weighted by atomic mass is 16.5. The summed E-state index contributed by atoms with van der Waals surface area (Å²) in [5.41, 5.74) is 1.70. The molecule has 1 aromatic heterocycles. The SMILES string of the molecule is O=C(c1ccc[nH]1)N1CCN(C(=O)[C@H]2CCOc3ccccc3C2)CC1. The third kappa shape index (κ3) is 3.31. The van der Waals surface area contributed by atoms with Gasteiger partial charge in [0.25, 0.3) is 5.91 Å². The second-order valence-electron chi connectivity index (χ2n) is 6.85. The molecule has 1 N–H and O–H groups in total. The van der Waals surface area contributed by atoms with Gasteiger partial charge in [-0.2, -0.15) is 0 Å². The molecule has 1 fully saturated rings. The fourth-order valence-corrected chi connectivity index (χ4v) is 3.72. The van der Waals surface area contributed by atoms with Gasteiger partial charge in [-0.25, -0.2) is 0 Å². The minimum atomic E-state index is -0.0516. The number of carbonyl (C=O) groups is 2. The van der Waals surface area contributed by atoms with E-state index in [2.05, 4.69) is 4.98 Å². The molecule has 2 amide bonds. The molecule has 6 nitrogen and oxygen atoms in total. The van der Waals surface area contributed by atoms with Crippen molar-refractivity contribution < 1.29 is 14.3 Å². The molecule has 0 spiro atoms. The zero-order valence-electron chi connectivity index (χ0n) is 14.7. The summed E-state index contributed by atoms with van der Waals surface area (Å²) < 4.78 is 5.78. The van der Waals surface area contributed by atoms with E-state index >= 15 is 0 Å². The lowest BCUT2D eigenvalue weighted by atomic mass is 9.95. The molecular formula is C20H23N3O3. The molecule has 136 valence electrons. The number of rotatable bonds is 2. The lowest BCUT2D eigenvalue weighted by Crippen LogP contribution is -2.52. The molecular weight excluding hydrogens is 330 g/mol. The van der Waals surface area contributed by atoms with Crippen molar-refractivity contribution in [3.8, 4) is 5.75 Å². The Bertz CT molecular complexity index is 779. The Hall–Kier alpha value is -2.76. The Morgan fingerprint density at radius 2 is 1.77 bits per heavy atom. The molecule has 0 radical (unpaired) electrons. The molecule has 3 heterocycles. The van der Waals surface area contributed by atoms with Crippen molar-refractivity contribution in [2.45, 2.75) is 12.8 Å². The highest BCUT2D eigenvalue weighted by Crippen LogP contribution is 2.27. The minimum Gasteiger partial charge on any atom is -0.493 e. The quantitative estimate of drug-likeness (QED) is 0.897. The zero-order valence-corrected chi connectivity index (χ0v) is 14.7. The molecule has 1 saturated heterocycles. The third-order valence-electron chi connectivity index (χ3n) is 5.22. The van der Waals surface area contributed by atoms with E-state index in [1.165, 1.54) is 0 Å². The molecule has 1 atom stereocenters. The molecule has 0 aliphatic carbocycles. The van der Waals surface area contributed by atoms with E-state index in [4.69, 9.17) is 4.74 Å². The average Bonchev–Trinajstić information content (AvgIpc) is 3.13. The predicted molar refractivity (Wildman–Crippen MR) is 97.0 cm³/mol. The summed E-state index contributed by atoms with van der Waals surface area (Å²) in [6.07, 6.45) is 3.20. The summed E-state index contributed by atoms with van der Waals surface area (Å²) in [5, 5.41) is 0. The molecule has 0 bridgehead atoms. The van der Waals surface area contributed by atoms with E-state index in [1.54, 1.807) is 17.2 Å². The van der Waals surface area contributed by atoms with Crippen LogP contribution in [0, 0.1) is 5.92 Å². The topological polar surface area (TPSA) is 65.6 Å². The van der Waals surface area contributed by atoms with Crippen molar-refractivity contribution in [2.75, 3.05) is 32.8 Å². The summed E-state index contributed by atoms with van der Waals surface area (Å²) in [6.45, 7) is 2.89. The van der Waals surface area contributed by atoms with Crippen LogP contribution in [0.3, 0.4) is 0 Å². The molecule has 4 rings (SSSR count). The molecule has 26 heavy (non-hydrogen) atoms. The lowest BCUT2D eigenvalue weighted by Gasteiger charge is -2.36. The number of piperazine rings is 1. The standard InChI is InChI=1S/C20H23N3O3/c24-19(16-7-13-26-18-6-2-1-4-15(18)14-16)22-9-11-23(12-10-22)20(25)17-5-3-8-21-17/h1-6,8,16,21H,7,9-14H2/t16-/m0/s1. The van der Waals surface area contributed by atoms with Gasteiger partial charge < -0.3 is 19.5 Å². The number of para-hydroxylation sites is 1. The molecule has 0 unspecified atom stereocenters. The Morgan fingerprint density at radius 3 is 2.54 bits per heavy atom. The van der Waals surface area contributed by atoms with Crippen LogP contribution in [0.15, 0.2) is 42.6 Å². The van der Waals surface area contributed by atoms with Gasteiger partial charge >= 0.3 is 0 Å². The summed E-state index contributed by atoms with van der Waals surface area (Å²) in [5.74, 6) is 1.02. The van der Waals surface area contributed by atoms with Crippen LogP contribution < -0.4 is 4.74 Å². The second-order valence-corrected chi connectivity index (χ2v) is 6.85. The number of hydrogen-bond donors (Lipinski definition) is 1. The maximum Gasteiger partial charge on any atom is 0.270 e. The van der Waals surface area contributed by atoms with E-state index < -0.39 is 0 Å². The highest BCUT2D eigenvalue weighted by Gasteiger charge is 2.31. The first-order valence-corrected chi connectivity index (χ1v) is 9.14. The first-order chi connectivity index (χ1) is 12.7. The van der Waals surface area contributed by atoms with Crippen LogP contribution in [0.4, 0.5) is 0 Å². The smallest absolute Gasteiger partial charge is 0.270 e. The molecule has 6 heteroatoms. The number of H-pyrrole nitrogens is 1. The molecule has 2 aliphatic rings. The van der Waals surface area contributed by atoms with Gasteiger partial charge in [-0.05, 0) is 36.6 Å². The van der Waals surface area contributed by atoms with Gasteiger partial charge in [-0.15, -0.1) is 0 Å². The summed E-state index contributed by atoms with van der Waals surface area (Å²) in [6, 6.07) is 11.5. The van der Waals surface area contributed by atoms with E-state index in [0.717, 1.165) is 24.2 Å². The van der Waals surface area contributed by atoms with Crippen LogP contribution in [0.5, 0.6) is 5.75 Å². The fraction of sp³-hybridized carbons (Fsp3) is 0.400. The van der Waals surface area contributed by atoms with Gasteiger partial charge in [-0.1, -0.05) is 18.2 Å². The first-order valence-electron chi connectivity index (χ1n) is 9.14. The van der Waals surface area contributed by atoms with Crippen molar-refractivity contribution in [3.05, 3.63) is 53.9 Å². The number of ether oxygens (including phenoxy) is 1. The minimum absolute atomic E-state index is 0.00103. The normalized spacial score (nSPS) is 20.1. The number of benzene rings is 1. The Morgan fingerprint density at radius 1 is 1.00 bits per heavy atom. The molecule has 2 aromatic rings. The maximum atomic E-state index is 13.0. The Labute approximate surface area is 152 Å². The monoisotopic (exact) mass is 353 g/mol. The largest absolute Gasteiger partial charge is 0.493 e. The number of nitrogens with one attached hydrogen (secondary N) is 1. The van der Waals surface area contributed by atoms with E-state index in [9.17, 15) is 9.59 Å². The number of hydrogen-bond acceptors (Lipinski definition) is 3. The van der Waals surface area contributed by atoms with Crippen LogP contribution in [-0.2, 0) is 11.2 Å². The second kappa shape index (κ2) is 7.23. The highest BCUT2D eigenvalue weighted by molar-refractivity contribution is 5.92. The van der Waals surface area contributed by atoms with Gasteiger partial charge in [0.2, 0.25) is 5.91 Å². The number of fused-ring (bicyclic) bond motifs is 1. The number of aromatic nitrogens is 1. The van der Waals surface area contributed by atoms with Gasteiger partial charge in [0.15, 0.2) is 0 Å². The number of aromatic amines is 1. The van der Waals surface area contributed by atoms with Crippen molar-refractivity contribution in [1.29, 1.82) is 0 Å². The van der Waals surface area contributed by atoms with E-state index in [1.807, 2.05) is 35.2 Å². The van der Waals surface area contributed by atoms with E-state index in [0.29, 0.717) is 38.5 Å². The third-order valence-corrected chi connectivity index (χ3v) is 5.22. The zero-order chi connectivity index (χ0) is 17.9. The first kappa shape index (κ1) is 16.7. The van der Waals surface area contributed by atoms with E-state index in [-0.39, 0.29) is 17.7 Å². The van der Waals surface area contributed by atoms with Crippen LogP contribution in [-0.4, -0.2) is 59.4 Å². The summed E-state index contributed by atoms with van der Waals surface area (Å²) in [7, 11) is 0. The van der Waals surface area contributed by atoms with Crippen LogP contribution in [0.25, 0.3) is 0 Å². The predicted octanol–water partition coefficient (Wildman–Crippen LogP) is 1.94.